The van der Waals surface area contributed by atoms with E-state index in [0.29, 0.717) is 45.1 Å². The number of anilines is 2. The molecule has 7 nitrogen and oxygen atoms in total. The van der Waals surface area contributed by atoms with E-state index in [1.54, 1.807) is 60.5 Å². The number of carbonyl (C=O) groups excluding carboxylic acids is 3. The molecule has 2 unspecified atom stereocenters. The molecule has 1 amide bonds. The van der Waals surface area contributed by atoms with Crippen molar-refractivity contribution in [2.75, 3.05) is 24.4 Å². The molecule has 0 saturated carbocycles. The Labute approximate surface area is 254 Å². The van der Waals surface area contributed by atoms with Crippen molar-refractivity contribution in [3.05, 3.63) is 136 Å². The SMILES string of the molecule is COC(=O)c1ccc(C2C3=C(CC(c4ccc(OC)cc4)CC3=O)Nc3ccccc3N2C(=O)c2ccccc2Cl)cc1. The van der Waals surface area contributed by atoms with Gasteiger partial charge in [-0.25, -0.2) is 4.79 Å². The Balaban J connectivity index is 1.54. The van der Waals surface area contributed by atoms with Gasteiger partial charge < -0.3 is 14.8 Å². The van der Waals surface area contributed by atoms with Gasteiger partial charge in [-0.05, 0) is 72.0 Å². The molecule has 1 N–H and O–H groups in total. The van der Waals surface area contributed by atoms with Crippen molar-refractivity contribution in [3.63, 3.8) is 0 Å². The van der Waals surface area contributed by atoms with E-state index in [9.17, 15) is 14.4 Å². The predicted octanol–water partition coefficient (Wildman–Crippen LogP) is 7.35. The summed E-state index contributed by atoms with van der Waals surface area (Å²) in [6.45, 7) is 0. The molecule has 4 aromatic carbocycles. The van der Waals surface area contributed by atoms with E-state index in [1.165, 1.54) is 7.11 Å². The number of esters is 1. The lowest BCUT2D eigenvalue weighted by atomic mass is 9.78. The first-order chi connectivity index (χ1) is 20.9. The van der Waals surface area contributed by atoms with Gasteiger partial charge >= 0.3 is 5.97 Å². The number of para-hydroxylation sites is 2. The Bertz CT molecular complexity index is 1750. The number of hydrogen-bond acceptors (Lipinski definition) is 6. The highest BCUT2D eigenvalue weighted by molar-refractivity contribution is 6.34. The Hall–Kier alpha value is -4.88. The van der Waals surface area contributed by atoms with E-state index < -0.39 is 12.0 Å². The summed E-state index contributed by atoms with van der Waals surface area (Å²) in [6.07, 6.45) is 0.834. The van der Waals surface area contributed by atoms with Crippen molar-refractivity contribution in [1.29, 1.82) is 0 Å². The van der Waals surface area contributed by atoms with Gasteiger partial charge in [-0.3, -0.25) is 14.5 Å². The first-order valence-corrected chi connectivity index (χ1v) is 14.3. The Kier molecular flexibility index (Phi) is 7.74. The van der Waals surface area contributed by atoms with Crippen LogP contribution in [0.25, 0.3) is 0 Å². The highest BCUT2D eigenvalue weighted by Gasteiger charge is 2.42. The highest BCUT2D eigenvalue weighted by Crippen LogP contribution is 2.48. The number of allylic oxidation sites excluding steroid dienone is 1. The summed E-state index contributed by atoms with van der Waals surface area (Å²) in [5.74, 6) is -0.206. The molecule has 4 aromatic rings. The summed E-state index contributed by atoms with van der Waals surface area (Å²) in [5, 5.41) is 3.85. The molecule has 216 valence electrons. The number of nitrogens with zero attached hydrogens (tertiary/aromatic N) is 1. The number of ketones is 1. The van der Waals surface area contributed by atoms with Crippen LogP contribution < -0.4 is 15.0 Å². The predicted molar refractivity (Wildman–Crippen MR) is 166 cm³/mol. The number of hydrogen-bond donors (Lipinski definition) is 1. The summed E-state index contributed by atoms with van der Waals surface area (Å²) in [5.41, 5.74) is 4.96. The zero-order chi connectivity index (χ0) is 30.1. The number of fused-ring (bicyclic) bond motifs is 1. The number of benzene rings is 4. The van der Waals surface area contributed by atoms with Crippen molar-refractivity contribution in [2.45, 2.75) is 24.8 Å². The molecule has 0 aromatic heterocycles. The number of ether oxygens (including phenoxy) is 2. The third-order valence-corrected chi connectivity index (χ3v) is 8.38. The molecule has 0 bridgehead atoms. The quantitative estimate of drug-likeness (QED) is 0.244. The van der Waals surface area contributed by atoms with Gasteiger partial charge in [0.05, 0.1) is 47.8 Å². The smallest absolute Gasteiger partial charge is 0.337 e. The van der Waals surface area contributed by atoms with Gasteiger partial charge in [-0.1, -0.05) is 60.1 Å². The third kappa shape index (κ3) is 5.28. The zero-order valence-corrected chi connectivity index (χ0v) is 24.4. The minimum absolute atomic E-state index is 0.0648. The van der Waals surface area contributed by atoms with Crippen molar-refractivity contribution in [1.82, 2.24) is 0 Å². The van der Waals surface area contributed by atoms with Crippen molar-refractivity contribution >= 4 is 40.6 Å². The van der Waals surface area contributed by atoms with Gasteiger partial charge in [0.1, 0.15) is 5.75 Å². The fourth-order valence-corrected chi connectivity index (χ4v) is 6.14. The largest absolute Gasteiger partial charge is 0.497 e. The van der Waals surface area contributed by atoms with Crippen molar-refractivity contribution in [2.24, 2.45) is 0 Å². The monoisotopic (exact) mass is 592 g/mol. The van der Waals surface area contributed by atoms with Crippen LogP contribution in [0.4, 0.5) is 11.4 Å². The summed E-state index contributed by atoms with van der Waals surface area (Å²) in [6, 6.07) is 28.2. The molecule has 0 saturated heterocycles. The molecular formula is C35H29ClN2O5. The number of rotatable bonds is 5. The maximum Gasteiger partial charge on any atom is 0.337 e. The number of nitrogens with one attached hydrogen (secondary N) is 1. The van der Waals surface area contributed by atoms with E-state index in [2.05, 4.69) is 5.32 Å². The lowest BCUT2D eigenvalue weighted by Crippen LogP contribution is -2.38. The Morgan fingerprint density at radius 1 is 0.837 bits per heavy atom. The van der Waals surface area contributed by atoms with Crippen LogP contribution in [0.1, 0.15) is 56.6 Å². The maximum absolute atomic E-state index is 14.5. The van der Waals surface area contributed by atoms with Gasteiger partial charge in [0.25, 0.3) is 5.91 Å². The van der Waals surface area contributed by atoms with Crippen LogP contribution in [0.15, 0.2) is 108 Å². The average molecular weight is 593 g/mol. The summed E-state index contributed by atoms with van der Waals surface area (Å²) in [4.78, 5) is 42.6. The molecule has 8 heteroatoms. The molecule has 2 aliphatic rings. The second kappa shape index (κ2) is 11.8. The molecule has 0 radical (unpaired) electrons. The molecule has 0 spiro atoms. The number of carbonyl (C=O) groups is 3. The standard InChI is InChI=1S/C35H29ClN2O5/c1-42-25-17-15-21(16-18-25)24-19-29-32(31(39)20-24)33(22-11-13-23(14-12-22)35(41)43-2)38(30-10-6-5-9-28(30)37-29)34(40)26-7-3-4-8-27(26)36/h3-18,24,33,37H,19-20H2,1-2H3. The summed E-state index contributed by atoms with van der Waals surface area (Å²) >= 11 is 6.54. The van der Waals surface area contributed by atoms with Crippen LogP contribution in [-0.2, 0) is 9.53 Å². The van der Waals surface area contributed by atoms with Crippen LogP contribution in [0, 0.1) is 0 Å². The summed E-state index contributed by atoms with van der Waals surface area (Å²) < 4.78 is 10.2. The van der Waals surface area contributed by atoms with Crippen LogP contribution >= 0.6 is 11.6 Å². The Morgan fingerprint density at radius 3 is 2.21 bits per heavy atom. The molecule has 1 aliphatic heterocycles. The van der Waals surface area contributed by atoms with Crippen molar-refractivity contribution in [3.8, 4) is 5.75 Å². The second-order valence-corrected chi connectivity index (χ2v) is 10.9. The van der Waals surface area contributed by atoms with E-state index in [1.807, 2.05) is 48.5 Å². The molecule has 2 atom stereocenters. The van der Waals surface area contributed by atoms with Crippen LogP contribution in [0.2, 0.25) is 5.02 Å². The zero-order valence-electron chi connectivity index (χ0n) is 23.7. The van der Waals surface area contributed by atoms with E-state index in [4.69, 9.17) is 21.1 Å². The van der Waals surface area contributed by atoms with Crippen LogP contribution in [-0.4, -0.2) is 31.9 Å². The molecule has 0 fully saturated rings. The van der Waals surface area contributed by atoms with Crippen LogP contribution in [0.5, 0.6) is 5.75 Å². The average Bonchev–Trinajstić information content (AvgIpc) is 3.19. The fourth-order valence-electron chi connectivity index (χ4n) is 5.92. The molecule has 1 heterocycles. The molecule has 1 aliphatic carbocycles. The lowest BCUT2D eigenvalue weighted by Gasteiger charge is -2.35. The first kappa shape index (κ1) is 28.2. The number of Topliss-reactive ketones (excluding diaryl/α,β-unsaturated/α-hetero) is 1. The number of halogens is 1. The lowest BCUT2D eigenvalue weighted by molar-refractivity contribution is -0.116. The maximum atomic E-state index is 14.5. The molecule has 6 rings (SSSR count). The van der Waals surface area contributed by atoms with Gasteiger partial charge in [-0.15, -0.1) is 0 Å². The van der Waals surface area contributed by atoms with Gasteiger partial charge in [-0.2, -0.15) is 0 Å². The topological polar surface area (TPSA) is 84.9 Å². The van der Waals surface area contributed by atoms with Crippen molar-refractivity contribution < 1.29 is 23.9 Å². The van der Waals surface area contributed by atoms with Gasteiger partial charge in [0.2, 0.25) is 0 Å². The van der Waals surface area contributed by atoms with Gasteiger partial charge in [0.15, 0.2) is 5.78 Å². The van der Waals surface area contributed by atoms with E-state index >= 15 is 0 Å². The molecule has 43 heavy (non-hydrogen) atoms. The highest BCUT2D eigenvalue weighted by atomic mass is 35.5. The normalized spacial score (nSPS) is 17.7. The number of amides is 1. The third-order valence-electron chi connectivity index (χ3n) is 8.05. The van der Waals surface area contributed by atoms with Gasteiger partial charge in [0, 0.05) is 17.7 Å². The minimum Gasteiger partial charge on any atom is -0.497 e. The Morgan fingerprint density at radius 2 is 1.51 bits per heavy atom. The fraction of sp³-hybridized carbons (Fsp3) is 0.171. The first-order valence-electron chi connectivity index (χ1n) is 13.9. The minimum atomic E-state index is -0.786. The van der Waals surface area contributed by atoms with E-state index in [-0.39, 0.29) is 24.0 Å². The molecular weight excluding hydrogens is 564 g/mol. The second-order valence-electron chi connectivity index (χ2n) is 10.5. The number of methoxy groups -OCH3 is 2. The summed E-state index contributed by atoms with van der Waals surface area (Å²) in [7, 11) is 2.95. The van der Waals surface area contributed by atoms with Crippen LogP contribution in [0.3, 0.4) is 0 Å². The van der Waals surface area contributed by atoms with E-state index in [0.717, 1.165) is 17.0 Å².